The molecule has 1 aromatic heterocycles. The van der Waals surface area contributed by atoms with Crippen molar-refractivity contribution in [1.29, 1.82) is 0 Å². The van der Waals surface area contributed by atoms with Gasteiger partial charge in [-0.2, -0.15) is 26.6 Å². The molecule has 0 fully saturated rings. The second-order valence-electron chi connectivity index (χ2n) is 6.70. The summed E-state index contributed by atoms with van der Waals surface area (Å²) in [7, 11) is -5.95. The van der Waals surface area contributed by atoms with Crippen molar-refractivity contribution in [2.45, 2.75) is 31.2 Å². The molecule has 30 heavy (non-hydrogen) atoms. The summed E-state index contributed by atoms with van der Waals surface area (Å²) < 4.78 is 66.2. The van der Waals surface area contributed by atoms with Crippen LogP contribution >= 0.6 is 0 Å². The maximum Gasteiger partial charge on any atom is 0.534 e. The van der Waals surface area contributed by atoms with Crippen LogP contribution < -0.4 is 4.18 Å². The van der Waals surface area contributed by atoms with E-state index in [1.165, 1.54) is 0 Å². The highest BCUT2D eigenvalue weighted by molar-refractivity contribution is 7.87. The molecule has 0 saturated heterocycles. The Kier molecular flexibility index (Phi) is 5.88. The number of rotatable bonds is 4. The minimum atomic E-state index is -5.95. The first kappa shape index (κ1) is 21.8. The van der Waals surface area contributed by atoms with Crippen molar-refractivity contribution < 1.29 is 35.7 Å². The molecule has 8 nitrogen and oxygen atoms in total. The summed E-state index contributed by atoms with van der Waals surface area (Å²) >= 11 is 0. The molecule has 1 atom stereocenters. The molecule has 3 rings (SSSR count). The summed E-state index contributed by atoms with van der Waals surface area (Å²) in [5.74, 6) is -1.11. The molecular formula is C18H18F3N3O5S. The molecule has 0 saturated carbocycles. The largest absolute Gasteiger partial charge is 0.534 e. The van der Waals surface area contributed by atoms with Gasteiger partial charge in [0.15, 0.2) is 0 Å². The molecule has 2 heterocycles. The number of hydrogen-bond acceptors (Lipinski definition) is 6. The monoisotopic (exact) mass is 445 g/mol. The second-order valence-corrected chi connectivity index (χ2v) is 8.24. The molecule has 1 aliphatic rings. The Morgan fingerprint density at radius 2 is 1.80 bits per heavy atom. The first-order valence-corrected chi connectivity index (χ1v) is 10.3. The van der Waals surface area contributed by atoms with E-state index in [0.29, 0.717) is 0 Å². The summed E-state index contributed by atoms with van der Waals surface area (Å²) in [6, 6.07) is 8.88. The van der Waals surface area contributed by atoms with Crippen molar-refractivity contribution in [3.63, 3.8) is 0 Å². The summed E-state index contributed by atoms with van der Waals surface area (Å²) in [6.07, 6.45) is -1.19. The SMILES string of the molecule is CC(c1ccccc1)c1nc2c(c(OS(=O)(=O)C(F)(F)F)n1)CCN(C(=O)O)CC2. The van der Waals surface area contributed by atoms with Crippen LogP contribution in [-0.4, -0.2) is 53.1 Å². The minimum Gasteiger partial charge on any atom is -0.465 e. The van der Waals surface area contributed by atoms with E-state index in [1.807, 2.05) is 0 Å². The number of alkyl halides is 3. The Morgan fingerprint density at radius 1 is 1.17 bits per heavy atom. The quantitative estimate of drug-likeness (QED) is 0.569. The molecule has 0 bridgehead atoms. The highest BCUT2D eigenvalue weighted by Crippen LogP contribution is 2.32. The first-order valence-electron chi connectivity index (χ1n) is 8.93. The Balaban J connectivity index is 2.08. The molecule has 1 unspecified atom stereocenters. The van der Waals surface area contributed by atoms with Gasteiger partial charge in [0, 0.05) is 31.0 Å². The summed E-state index contributed by atoms with van der Waals surface area (Å²) in [4.78, 5) is 20.8. The molecule has 1 aromatic carbocycles. The van der Waals surface area contributed by atoms with Gasteiger partial charge in [0.25, 0.3) is 0 Å². The lowest BCUT2D eigenvalue weighted by Gasteiger charge is -2.17. The smallest absolute Gasteiger partial charge is 0.465 e. The third kappa shape index (κ3) is 4.48. The van der Waals surface area contributed by atoms with Crippen LogP contribution in [0.25, 0.3) is 0 Å². The number of fused-ring (bicyclic) bond motifs is 1. The number of halogens is 3. The standard InChI is InChI=1S/C18H18F3N3O5S/c1-11(12-5-3-2-4-6-12)15-22-14-8-10-24(17(25)26)9-7-13(14)16(23-15)29-30(27,28)18(19,20)21/h2-6,11H,7-10H2,1H3,(H,25,26). The maximum absolute atomic E-state index is 12.9. The van der Waals surface area contributed by atoms with Gasteiger partial charge in [-0.1, -0.05) is 37.3 Å². The van der Waals surface area contributed by atoms with E-state index in [2.05, 4.69) is 14.2 Å². The van der Waals surface area contributed by atoms with Crippen molar-refractivity contribution >= 4 is 16.2 Å². The Bertz CT molecular complexity index is 1050. The lowest BCUT2D eigenvalue weighted by molar-refractivity contribution is -0.0501. The van der Waals surface area contributed by atoms with E-state index in [1.54, 1.807) is 37.3 Å². The van der Waals surface area contributed by atoms with Crippen LogP contribution in [0.3, 0.4) is 0 Å². The van der Waals surface area contributed by atoms with Crippen LogP contribution in [0, 0.1) is 0 Å². The number of amides is 1. The molecular weight excluding hydrogens is 427 g/mol. The molecule has 1 amide bonds. The third-order valence-electron chi connectivity index (χ3n) is 4.75. The zero-order valence-electron chi connectivity index (χ0n) is 15.8. The predicted octanol–water partition coefficient (Wildman–Crippen LogP) is 2.94. The van der Waals surface area contributed by atoms with Crippen LogP contribution in [0.1, 0.15) is 35.5 Å². The van der Waals surface area contributed by atoms with Gasteiger partial charge in [0.1, 0.15) is 5.82 Å². The molecule has 2 aromatic rings. The molecule has 0 aliphatic carbocycles. The van der Waals surface area contributed by atoms with Crippen LogP contribution in [0.4, 0.5) is 18.0 Å². The third-order valence-corrected chi connectivity index (χ3v) is 5.70. The molecule has 1 aliphatic heterocycles. The molecule has 12 heteroatoms. The lowest BCUT2D eigenvalue weighted by atomic mass is 10.00. The van der Waals surface area contributed by atoms with Gasteiger partial charge in [-0.15, -0.1) is 0 Å². The fourth-order valence-electron chi connectivity index (χ4n) is 3.08. The predicted molar refractivity (Wildman–Crippen MR) is 98.6 cm³/mol. The fraction of sp³-hybridized carbons (Fsp3) is 0.389. The van der Waals surface area contributed by atoms with E-state index in [9.17, 15) is 31.5 Å². The topological polar surface area (TPSA) is 110 Å². The zero-order chi connectivity index (χ0) is 22.1. The fourth-order valence-corrected chi connectivity index (χ4v) is 3.52. The minimum absolute atomic E-state index is 0.0515. The van der Waals surface area contributed by atoms with Gasteiger partial charge in [0.2, 0.25) is 5.88 Å². The number of carboxylic acid groups (broad SMARTS) is 1. The molecule has 1 N–H and O–H groups in total. The first-order chi connectivity index (χ1) is 14.0. The number of carbonyl (C=O) groups is 1. The van der Waals surface area contributed by atoms with Crippen molar-refractivity contribution in [3.8, 4) is 5.88 Å². The Morgan fingerprint density at radius 3 is 2.40 bits per heavy atom. The van der Waals surface area contributed by atoms with Crippen molar-refractivity contribution in [2.75, 3.05) is 13.1 Å². The van der Waals surface area contributed by atoms with E-state index >= 15 is 0 Å². The number of hydrogen-bond donors (Lipinski definition) is 1. The zero-order valence-corrected chi connectivity index (χ0v) is 16.6. The highest BCUT2D eigenvalue weighted by Gasteiger charge is 2.49. The Hall–Kier alpha value is -2.89. The highest BCUT2D eigenvalue weighted by atomic mass is 32.2. The van der Waals surface area contributed by atoms with Gasteiger partial charge in [-0.25, -0.2) is 9.78 Å². The van der Waals surface area contributed by atoms with Crippen LogP contribution in [0.5, 0.6) is 5.88 Å². The van der Waals surface area contributed by atoms with Crippen LogP contribution in [-0.2, 0) is 23.0 Å². The summed E-state index contributed by atoms with van der Waals surface area (Å²) in [5.41, 5.74) is -4.55. The second kappa shape index (κ2) is 8.09. The molecule has 162 valence electrons. The van der Waals surface area contributed by atoms with Crippen molar-refractivity contribution in [2.24, 2.45) is 0 Å². The lowest BCUT2D eigenvalue weighted by Crippen LogP contribution is -2.31. The van der Waals surface area contributed by atoms with E-state index < -0.39 is 33.5 Å². The molecule has 0 spiro atoms. The van der Waals surface area contributed by atoms with Crippen LogP contribution in [0.2, 0.25) is 0 Å². The van der Waals surface area contributed by atoms with E-state index in [0.717, 1.165) is 10.5 Å². The molecule has 0 radical (unpaired) electrons. The van der Waals surface area contributed by atoms with Crippen molar-refractivity contribution in [1.82, 2.24) is 14.9 Å². The van der Waals surface area contributed by atoms with E-state index in [-0.39, 0.29) is 43.0 Å². The maximum atomic E-state index is 12.9. The number of aromatic nitrogens is 2. The average Bonchev–Trinajstić information content (AvgIpc) is 2.90. The van der Waals surface area contributed by atoms with Gasteiger partial charge in [-0.3, -0.25) is 0 Å². The van der Waals surface area contributed by atoms with Crippen LogP contribution in [0.15, 0.2) is 30.3 Å². The van der Waals surface area contributed by atoms with Gasteiger partial charge < -0.3 is 14.2 Å². The Labute approximate surface area is 170 Å². The van der Waals surface area contributed by atoms with Gasteiger partial charge in [0.05, 0.1) is 5.69 Å². The van der Waals surface area contributed by atoms with Crippen molar-refractivity contribution in [3.05, 3.63) is 53.0 Å². The van der Waals surface area contributed by atoms with Gasteiger partial charge >= 0.3 is 21.7 Å². The average molecular weight is 445 g/mol. The summed E-state index contributed by atoms with van der Waals surface area (Å²) in [6.45, 7) is 1.73. The van der Waals surface area contributed by atoms with Gasteiger partial charge in [-0.05, 0) is 12.0 Å². The number of benzene rings is 1. The summed E-state index contributed by atoms with van der Waals surface area (Å²) in [5, 5.41) is 9.21. The normalized spacial score (nSPS) is 15.8. The number of nitrogens with zero attached hydrogens (tertiary/aromatic N) is 3. The van der Waals surface area contributed by atoms with E-state index in [4.69, 9.17) is 0 Å².